The van der Waals surface area contributed by atoms with E-state index in [4.69, 9.17) is 5.11 Å². The summed E-state index contributed by atoms with van der Waals surface area (Å²) in [5, 5.41) is 32.9. The van der Waals surface area contributed by atoms with Gasteiger partial charge in [-0.15, -0.1) is 0 Å². The van der Waals surface area contributed by atoms with E-state index in [1.54, 1.807) is 0 Å². The van der Waals surface area contributed by atoms with Gasteiger partial charge >= 0.3 is 5.97 Å². The molecule has 0 saturated carbocycles. The molecule has 0 aromatic heterocycles. The maximum Gasteiger partial charge on any atom is 0.304 e. The maximum atomic E-state index is 14.7. The van der Waals surface area contributed by atoms with Crippen LogP contribution in [0, 0.1) is 5.92 Å². The quantitative estimate of drug-likeness (QED) is 0.290. The number of carboxylic acid groups (broad SMARTS) is 1. The second-order valence-corrected chi connectivity index (χ2v) is 13.2. The third-order valence-corrected chi connectivity index (χ3v) is 10.8. The number of aliphatic carboxylic acids is 1. The van der Waals surface area contributed by atoms with Crippen molar-refractivity contribution in [3.05, 3.63) is 83.0 Å². The number of hydrogen-bond donors (Lipinski definition) is 3. The lowest BCUT2D eigenvalue weighted by Crippen LogP contribution is -2.31. The van der Waals surface area contributed by atoms with Crippen molar-refractivity contribution in [2.45, 2.75) is 52.0 Å². The van der Waals surface area contributed by atoms with E-state index in [9.17, 15) is 19.6 Å². The first-order valence-electron chi connectivity index (χ1n) is 11.9. The van der Waals surface area contributed by atoms with E-state index in [-0.39, 0.29) is 12.3 Å². The summed E-state index contributed by atoms with van der Waals surface area (Å²) in [6, 6.07) is 18.3. The molecule has 0 fully saturated rings. The van der Waals surface area contributed by atoms with Crippen molar-refractivity contribution < 1.29 is 24.7 Å². The first-order valence-corrected chi connectivity index (χ1v) is 14.9. The number of thioether (sulfide) groups is 1. The molecular weight excluding hydrogens is 479 g/mol. The molecule has 3 unspecified atom stereocenters. The molecule has 35 heavy (non-hydrogen) atoms. The van der Waals surface area contributed by atoms with Crippen LogP contribution in [0.1, 0.15) is 40.0 Å². The Morgan fingerprint density at radius 3 is 2.06 bits per heavy atom. The molecule has 0 heterocycles. The molecule has 1 aliphatic rings. The molecule has 3 atom stereocenters. The first kappa shape index (κ1) is 27.5. The van der Waals surface area contributed by atoms with Gasteiger partial charge in [-0.25, -0.2) is 0 Å². The van der Waals surface area contributed by atoms with Gasteiger partial charge in [-0.05, 0) is 55.1 Å². The van der Waals surface area contributed by atoms with Crippen molar-refractivity contribution in [3.63, 3.8) is 0 Å². The summed E-state index contributed by atoms with van der Waals surface area (Å²) >= 11 is 1.51. The van der Waals surface area contributed by atoms with Crippen molar-refractivity contribution in [2.24, 2.45) is 5.92 Å². The lowest BCUT2D eigenvalue weighted by molar-refractivity contribution is -0.136. The van der Waals surface area contributed by atoms with Crippen LogP contribution in [-0.4, -0.2) is 44.7 Å². The monoisotopic (exact) mass is 514 g/mol. The molecule has 0 radical (unpaired) electrons. The minimum absolute atomic E-state index is 0.0952. The molecule has 3 N–H and O–H groups in total. The van der Waals surface area contributed by atoms with Gasteiger partial charge in [0, 0.05) is 16.4 Å². The highest BCUT2D eigenvalue weighted by Gasteiger charge is 2.41. The summed E-state index contributed by atoms with van der Waals surface area (Å²) in [5.41, 5.74) is 3.33. The summed E-state index contributed by atoms with van der Waals surface area (Å²) in [6.07, 6.45) is 0.571. The highest BCUT2D eigenvalue weighted by molar-refractivity contribution is 7.99. The third-order valence-electron chi connectivity index (χ3n) is 6.68. The second kappa shape index (κ2) is 12.2. The zero-order valence-corrected chi connectivity index (χ0v) is 22.3. The summed E-state index contributed by atoms with van der Waals surface area (Å²) in [5.74, 6) is -0.802. The van der Waals surface area contributed by atoms with E-state index in [0.717, 1.165) is 16.7 Å². The number of aliphatic hydroxyl groups excluding tert-OH is 2. The van der Waals surface area contributed by atoms with Gasteiger partial charge in [0.25, 0.3) is 0 Å². The van der Waals surface area contributed by atoms with E-state index in [1.807, 2.05) is 74.5 Å². The van der Waals surface area contributed by atoms with Gasteiger partial charge in [0.05, 0.1) is 12.5 Å². The van der Waals surface area contributed by atoms with Crippen LogP contribution in [0.3, 0.4) is 0 Å². The number of carbonyl (C=O) groups is 1. The Labute approximate surface area is 212 Å². The van der Waals surface area contributed by atoms with E-state index >= 15 is 0 Å². The third kappa shape index (κ3) is 6.18. The smallest absolute Gasteiger partial charge is 0.304 e. The van der Waals surface area contributed by atoms with Crippen LogP contribution in [0.15, 0.2) is 83.0 Å². The van der Waals surface area contributed by atoms with Crippen LogP contribution in [0.25, 0.3) is 0 Å². The number of benzene rings is 2. The standard InChI is InChI=1S/C28H35O5PS/c1-19-18-20(2)27(21(3)26(19)24(29)14-16-35-17-15-25(30)31)28(32)34(33,22-10-6-4-7-11-22)23-12-8-5-9-13-23/h4-13,19,24,28-29,32H,14-18H2,1-3H3,(H,30,31). The Kier molecular flexibility index (Phi) is 9.60. The fourth-order valence-corrected chi connectivity index (χ4v) is 8.82. The van der Waals surface area contributed by atoms with Crippen molar-refractivity contribution in [1.82, 2.24) is 0 Å². The van der Waals surface area contributed by atoms with Gasteiger partial charge < -0.3 is 19.9 Å². The molecule has 5 nitrogen and oxygen atoms in total. The fraction of sp³-hybridized carbons (Fsp3) is 0.393. The first-order chi connectivity index (χ1) is 16.7. The average Bonchev–Trinajstić information content (AvgIpc) is 2.83. The lowest BCUT2D eigenvalue weighted by Gasteiger charge is -2.35. The molecule has 1 aliphatic carbocycles. The summed E-state index contributed by atoms with van der Waals surface area (Å²) in [7, 11) is -3.45. The molecular formula is C28H35O5PS. The number of aliphatic hydroxyl groups is 2. The minimum atomic E-state index is -3.45. The Balaban J connectivity index is 1.96. The number of allylic oxidation sites excluding steroid dienone is 1. The Morgan fingerprint density at radius 1 is 1.00 bits per heavy atom. The Morgan fingerprint density at radius 2 is 1.54 bits per heavy atom. The van der Waals surface area contributed by atoms with E-state index < -0.39 is 25.1 Å². The molecule has 0 spiro atoms. The van der Waals surface area contributed by atoms with Gasteiger partial charge in [0.1, 0.15) is 5.85 Å². The van der Waals surface area contributed by atoms with Crippen molar-refractivity contribution in [3.8, 4) is 0 Å². The number of rotatable bonds is 11. The number of carboxylic acids is 1. The predicted molar refractivity (Wildman–Crippen MR) is 145 cm³/mol. The maximum absolute atomic E-state index is 14.7. The summed E-state index contributed by atoms with van der Waals surface area (Å²) in [6.45, 7) is 5.96. The molecule has 0 amide bonds. The van der Waals surface area contributed by atoms with E-state index in [0.29, 0.717) is 40.5 Å². The summed E-state index contributed by atoms with van der Waals surface area (Å²) < 4.78 is 14.7. The zero-order valence-electron chi connectivity index (χ0n) is 20.6. The summed E-state index contributed by atoms with van der Waals surface area (Å²) in [4.78, 5) is 10.7. The molecule has 0 aliphatic heterocycles. The fourth-order valence-electron chi connectivity index (χ4n) is 5.04. The van der Waals surface area contributed by atoms with Crippen molar-refractivity contribution in [2.75, 3.05) is 11.5 Å². The highest BCUT2D eigenvalue weighted by Crippen LogP contribution is 2.54. The predicted octanol–water partition coefficient (Wildman–Crippen LogP) is 4.95. The topological polar surface area (TPSA) is 94.8 Å². The van der Waals surface area contributed by atoms with Crippen LogP contribution >= 0.6 is 18.9 Å². The van der Waals surface area contributed by atoms with Gasteiger partial charge in [-0.1, -0.05) is 73.2 Å². The van der Waals surface area contributed by atoms with Gasteiger partial charge in [0.2, 0.25) is 0 Å². The number of hydrogen-bond acceptors (Lipinski definition) is 5. The molecule has 0 bridgehead atoms. The largest absolute Gasteiger partial charge is 0.481 e. The minimum Gasteiger partial charge on any atom is -0.481 e. The Bertz CT molecular complexity index is 1080. The van der Waals surface area contributed by atoms with Crippen LogP contribution in [0.2, 0.25) is 0 Å². The normalized spacial score (nSPS) is 18.5. The molecule has 3 rings (SSSR count). The van der Waals surface area contributed by atoms with Crippen molar-refractivity contribution in [1.29, 1.82) is 0 Å². The zero-order chi connectivity index (χ0) is 25.6. The van der Waals surface area contributed by atoms with Crippen LogP contribution in [0.5, 0.6) is 0 Å². The highest BCUT2D eigenvalue weighted by atomic mass is 32.2. The van der Waals surface area contributed by atoms with Crippen LogP contribution < -0.4 is 10.6 Å². The molecule has 7 heteroatoms. The van der Waals surface area contributed by atoms with Gasteiger partial charge in [-0.3, -0.25) is 4.79 Å². The Hall–Kier alpha value is -2.11. The van der Waals surface area contributed by atoms with E-state index in [1.165, 1.54) is 11.8 Å². The molecule has 188 valence electrons. The van der Waals surface area contributed by atoms with Gasteiger partial charge in [-0.2, -0.15) is 11.8 Å². The van der Waals surface area contributed by atoms with E-state index in [2.05, 4.69) is 6.92 Å². The molecule has 2 aromatic rings. The second-order valence-electron chi connectivity index (χ2n) is 9.14. The van der Waals surface area contributed by atoms with Crippen molar-refractivity contribution >= 4 is 35.5 Å². The van der Waals surface area contributed by atoms with Crippen LogP contribution in [-0.2, 0) is 9.36 Å². The SMILES string of the molecule is CC1=C(C(O)P(=O)(c2ccccc2)c2ccccc2)C(C)=C(C(O)CCSCCC(=O)O)C(C)C1. The van der Waals surface area contributed by atoms with Crippen LogP contribution in [0.4, 0.5) is 0 Å². The average molecular weight is 515 g/mol. The van der Waals surface area contributed by atoms with Gasteiger partial charge in [0.15, 0.2) is 7.14 Å². The lowest BCUT2D eigenvalue weighted by atomic mass is 9.78. The molecule has 0 saturated heterocycles. The molecule has 2 aromatic carbocycles.